The van der Waals surface area contributed by atoms with Crippen LogP contribution < -0.4 is 5.32 Å². The molecule has 0 aromatic heterocycles. The van der Waals surface area contributed by atoms with Crippen LogP contribution >= 0.6 is 7.82 Å². The zero-order chi connectivity index (χ0) is 44.2. The van der Waals surface area contributed by atoms with E-state index in [1.54, 1.807) is 0 Å². The van der Waals surface area contributed by atoms with Gasteiger partial charge >= 0.3 is 19.8 Å². The molecule has 1 amide bonds. The van der Waals surface area contributed by atoms with Gasteiger partial charge in [-0.1, -0.05) is 172 Å². The zero-order valence-electron chi connectivity index (χ0n) is 38.0. The number of phosphoric ester groups is 1. The quantitative estimate of drug-likeness (QED) is 0.0200. The van der Waals surface area contributed by atoms with Crippen molar-refractivity contribution in [3.05, 3.63) is 36.5 Å². The molecule has 0 aliphatic rings. The number of allylic oxidation sites excluding steroid dienone is 6. The lowest BCUT2D eigenvalue weighted by Crippen LogP contribution is -2.43. The van der Waals surface area contributed by atoms with E-state index in [0.29, 0.717) is 12.8 Å². The maximum absolute atomic E-state index is 12.3. The van der Waals surface area contributed by atoms with E-state index in [9.17, 15) is 34.1 Å². The van der Waals surface area contributed by atoms with Crippen LogP contribution in [-0.4, -0.2) is 64.9 Å². The van der Waals surface area contributed by atoms with Gasteiger partial charge in [0.15, 0.2) is 6.04 Å². The van der Waals surface area contributed by atoms with Gasteiger partial charge in [0.25, 0.3) is 0 Å². The number of rotatable bonds is 45. The Kier molecular flexibility index (Phi) is 41.7. The molecule has 0 fully saturated rings. The third kappa shape index (κ3) is 42.4. The van der Waals surface area contributed by atoms with Crippen molar-refractivity contribution < 1.29 is 47.8 Å². The van der Waals surface area contributed by atoms with Gasteiger partial charge in [-0.3, -0.25) is 18.6 Å². The van der Waals surface area contributed by atoms with E-state index >= 15 is 0 Å². The first-order valence-corrected chi connectivity index (χ1v) is 25.5. The van der Waals surface area contributed by atoms with Crippen molar-refractivity contribution in [2.45, 2.75) is 231 Å². The summed E-state index contributed by atoms with van der Waals surface area (Å²) in [6.07, 6.45) is 47.3. The van der Waals surface area contributed by atoms with Gasteiger partial charge in [0, 0.05) is 12.8 Å². The van der Waals surface area contributed by atoms with E-state index in [4.69, 9.17) is 13.8 Å². The summed E-state index contributed by atoms with van der Waals surface area (Å²) in [6.45, 7) is 2.58. The molecule has 0 rings (SSSR count). The Balaban J connectivity index is 3.86. The zero-order valence-corrected chi connectivity index (χ0v) is 38.9. The van der Waals surface area contributed by atoms with Crippen LogP contribution in [-0.2, 0) is 32.7 Å². The fourth-order valence-corrected chi connectivity index (χ4v) is 7.41. The Labute approximate surface area is 365 Å². The van der Waals surface area contributed by atoms with Gasteiger partial charge < -0.3 is 25.2 Å². The topological polar surface area (TPSA) is 169 Å². The molecule has 0 aliphatic heterocycles. The van der Waals surface area contributed by atoms with Crippen molar-refractivity contribution >= 4 is 25.7 Å². The molecule has 0 radical (unpaired) electrons. The number of nitrogens with one attached hydrogen (secondary N) is 1. The summed E-state index contributed by atoms with van der Waals surface area (Å²) >= 11 is 0. The molecule has 12 heteroatoms. The number of esters is 1. The number of carboxylic acid groups (broad SMARTS) is 1. The van der Waals surface area contributed by atoms with E-state index in [0.717, 1.165) is 57.8 Å². The van der Waals surface area contributed by atoms with Crippen LogP contribution in [0.15, 0.2) is 36.5 Å². The fourth-order valence-electron chi connectivity index (χ4n) is 6.63. The summed E-state index contributed by atoms with van der Waals surface area (Å²) in [7, 11) is -4.76. The van der Waals surface area contributed by atoms with E-state index in [2.05, 4.69) is 55.6 Å². The lowest BCUT2D eigenvalue weighted by atomic mass is 10.1. The number of phosphoric acid groups is 1. The van der Waals surface area contributed by atoms with E-state index in [-0.39, 0.29) is 12.8 Å². The summed E-state index contributed by atoms with van der Waals surface area (Å²) in [5.41, 5.74) is 0. The molecule has 350 valence electrons. The molecule has 0 bridgehead atoms. The highest BCUT2D eigenvalue weighted by Gasteiger charge is 2.28. The van der Waals surface area contributed by atoms with Gasteiger partial charge in [0.2, 0.25) is 5.91 Å². The molecule has 0 saturated heterocycles. The monoisotopic (exact) mass is 870 g/mol. The van der Waals surface area contributed by atoms with Crippen LogP contribution in [0, 0.1) is 0 Å². The van der Waals surface area contributed by atoms with E-state index in [1.165, 1.54) is 122 Å². The van der Waals surface area contributed by atoms with Gasteiger partial charge in [-0.05, 0) is 70.6 Å². The number of amides is 1. The number of hydrogen-bond donors (Lipinski definition) is 4. The average molecular weight is 870 g/mol. The first-order chi connectivity index (χ1) is 29.1. The van der Waals surface area contributed by atoms with Crippen molar-refractivity contribution in [1.82, 2.24) is 5.32 Å². The standard InChI is InChI=1S/C48H88NO10P/c1-3-5-7-9-11-13-15-17-19-21-22-24-26-28-30-32-34-36-38-40-47(52)57-41-44(50)42-58-60(55,56)59-43-45(48(53)54)49-46(51)39-37-35-33-31-29-27-25-23-20-18-16-14-12-10-8-6-4-2/h12,14,17-20,44-45,50H,3-11,13,15-16,21-43H2,1-2H3,(H,49,51)(H,53,54)(H,55,56)/b14-12-,19-17+,20-18-. The molecule has 0 aromatic carbocycles. The Morgan fingerprint density at radius 1 is 0.533 bits per heavy atom. The molecule has 60 heavy (non-hydrogen) atoms. The number of aliphatic carboxylic acids is 1. The molecule has 0 saturated carbocycles. The highest BCUT2D eigenvalue weighted by molar-refractivity contribution is 7.47. The average Bonchev–Trinajstić information content (AvgIpc) is 3.22. The highest BCUT2D eigenvalue weighted by Crippen LogP contribution is 2.43. The van der Waals surface area contributed by atoms with Crippen LogP contribution in [0.2, 0.25) is 0 Å². The molecular weight excluding hydrogens is 781 g/mol. The van der Waals surface area contributed by atoms with Crippen molar-refractivity contribution in [3.8, 4) is 0 Å². The lowest BCUT2D eigenvalue weighted by Gasteiger charge is -2.18. The maximum Gasteiger partial charge on any atom is 0.472 e. The number of unbranched alkanes of at least 4 members (excludes halogenated alkanes) is 25. The third-order valence-corrected chi connectivity index (χ3v) is 11.4. The van der Waals surface area contributed by atoms with Gasteiger partial charge in [-0.15, -0.1) is 0 Å². The van der Waals surface area contributed by atoms with Crippen molar-refractivity contribution in [2.75, 3.05) is 19.8 Å². The molecule has 4 N–H and O–H groups in total. The minimum Gasteiger partial charge on any atom is -0.480 e. The van der Waals surface area contributed by atoms with Crippen LogP contribution in [0.1, 0.15) is 219 Å². The maximum atomic E-state index is 12.3. The van der Waals surface area contributed by atoms with E-state index in [1.807, 2.05) is 0 Å². The molecular formula is C48H88NO10P. The second-order valence-electron chi connectivity index (χ2n) is 16.3. The smallest absolute Gasteiger partial charge is 0.472 e. The van der Waals surface area contributed by atoms with Gasteiger partial charge in [0.05, 0.1) is 13.2 Å². The largest absolute Gasteiger partial charge is 0.480 e. The fraction of sp³-hybridized carbons (Fsp3) is 0.812. The molecule has 3 unspecified atom stereocenters. The Morgan fingerprint density at radius 2 is 0.917 bits per heavy atom. The van der Waals surface area contributed by atoms with Crippen molar-refractivity contribution in [3.63, 3.8) is 0 Å². The van der Waals surface area contributed by atoms with Gasteiger partial charge in [-0.2, -0.15) is 0 Å². The van der Waals surface area contributed by atoms with Crippen LogP contribution in [0.4, 0.5) is 0 Å². The summed E-state index contributed by atoms with van der Waals surface area (Å²) < 4.78 is 26.9. The first kappa shape index (κ1) is 57.7. The van der Waals surface area contributed by atoms with Crippen molar-refractivity contribution in [1.29, 1.82) is 0 Å². The second kappa shape index (κ2) is 43.4. The van der Waals surface area contributed by atoms with E-state index < -0.39 is 57.6 Å². The predicted molar refractivity (Wildman–Crippen MR) is 245 cm³/mol. The van der Waals surface area contributed by atoms with Crippen LogP contribution in [0.5, 0.6) is 0 Å². The molecule has 0 heterocycles. The number of aliphatic hydroxyl groups is 1. The minimum absolute atomic E-state index is 0.137. The summed E-state index contributed by atoms with van der Waals surface area (Å²) in [5.74, 6) is -2.38. The summed E-state index contributed by atoms with van der Waals surface area (Å²) in [6, 6.07) is -1.55. The first-order valence-electron chi connectivity index (χ1n) is 24.0. The third-order valence-electron chi connectivity index (χ3n) is 10.4. The number of carbonyl (C=O) groups excluding carboxylic acids is 2. The Bertz CT molecular complexity index is 1160. The van der Waals surface area contributed by atoms with Gasteiger partial charge in [0.1, 0.15) is 12.7 Å². The number of aliphatic hydroxyl groups excluding tert-OH is 1. The second-order valence-corrected chi connectivity index (χ2v) is 17.7. The normalized spacial score (nSPS) is 13.9. The molecule has 0 aromatic rings. The molecule has 11 nitrogen and oxygen atoms in total. The minimum atomic E-state index is -4.76. The van der Waals surface area contributed by atoms with Crippen LogP contribution in [0.3, 0.4) is 0 Å². The predicted octanol–water partition coefficient (Wildman–Crippen LogP) is 12.8. The molecule has 0 aliphatic carbocycles. The SMILES string of the molecule is CCCCC/C=C\C/C=C\CCCCCCCCCC(=O)NC(COP(=O)(O)OCC(O)COC(=O)CCCCCCCCCCC/C=C/CCCCCCCC)C(=O)O. The number of carbonyl (C=O) groups is 3. The van der Waals surface area contributed by atoms with Crippen molar-refractivity contribution in [2.24, 2.45) is 0 Å². The number of carboxylic acids is 1. The Hall–Kier alpha value is -2.30. The number of ether oxygens (including phenoxy) is 1. The molecule has 0 spiro atoms. The molecule has 3 atom stereocenters. The lowest BCUT2D eigenvalue weighted by molar-refractivity contribution is -0.147. The summed E-state index contributed by atoms with van der Waals surface area (Å²) in [4.78, 5) is 46.0. The highest BCUT2D eigenvalue weighted by atomic mass is 31.2. The van der Waals surface area contributed by atoms with Gasteiger partial charge in [-0.25, -0.2) is 9.36 Å². The Morgan fingerprint density at radius 3 is 1.40 bits per heavy atom. The number of hydrogen-bond acceptors (Lipinski definition) is 8. The summed E-state index contributed by atoms with van der Waals surface area (Å²) in [5, 5.41) is 21.9. The van der Waals surface area contributed by atoms with Crippen LogP contribution in [0.25, 0.3) is 0 Å².